The number of methoxy groups -OCH3 is 1. The van der Waals surface area contributed by atoms with Crippen LogP contribution >= 0.6 is 0 Å². The number of aromatic carboxylic acids is 1. The highest BCUT2D eigenvalue weighted by Crippen LogP contribution is 2.30. The molecule has 0 amide bonds. The summed E-state index contributed by atoms with van der Waals surface area (Å²) in [7, 11) is 1.50. The van der Waals surface area contributed by atoms with Crippen molar-refractivity contribution >= 4 is 5.97 Å². The number of aromatic nitrogens is 1. The van der Waals surface area contributed by atoms with Gasteiger partial charge in [0.05, 0.1) is 7.11 Å². The predicted molar refractivity (Wildman–Crippen MR) is 56.5 cm³/mol. The zero-order valence-electron chi connectivity index (χ0n) is 8.91. The molecule has 2 rings (SSSR count). The van der Waals surface area contributed by atoms with Gasteiger partial charge in [-0.05, 0) is 12.1 Å². The lowest BCUT2D eigenvalue weighted by atomic mass is 10.3. The maximum atomic E-state index is 10.6. The molecule has 0 aliphatic carbocycles. The number of carboxylic acids is 1. The fourth-order valence-corrected chi connectivity index (χ4v) is 1.20. The van der Waals surface area contributed by atoms with Crippen LogP contribution in [0.5, 0.6) is 17.6 Å². The van der Waals surface area contributed by atoms with Crippen molar-refractivity contribution in [1.82, 2.24) is 4.98 Å². The maximum Gasteiger partial charge on any atom is 0.400 e. The standard InChI is InChI=1S/C11H9NO5/c1-15-8-4-2-3-5-9(8)17-11-12-7(6-16-11)10(13)14/h2-6H,1H3,(H,13,14). The molecule has 0 saturated carbocycles. The van der Waals surface area contributed by atoms with Crippen molar-refractivity contribution in [3.63, 3.8) is 0 Å². The van der Waals surface area contributed by atoms with Gasteiger partial charge in [0.2, 0.25) is 0 Å². The molecule has 0 bridgehead atoms. The number of carbonyl (C=O) groups is 1. The molecule has 0 aliphatic heterocycles. The summed E-state index contributed by atoms with van der Waals surface area (Å²) in [6.07, 6.45) is 0.861. The van der Waals surface area contributed by atoms with Crippen molar-refractivity contribution in [2.45, 2.75) is 0 Å². The normalized spacial score (nSPS) is 9.94. The van der Waals surface area contributed by atoms with E-state index in [0.717, 1.165) is 6.26 Å². The van der Waals surface area contributed by atoms with Crippen molar-refractivity contribution in [2.75, 3.05) is 7.11 Å². The van der Waals surface area contributed by atoms with Crippen molar-refractivity contribution < 1.29 is 23.8 Å². The molecule has 0 spiro atoms. The van der Waals surface area contributed by atoms with Gasteiger partial charge in [0.25, 0.3) is 0 Å². The summed E-state index contributed by atoms with van der Waals surface area (Å²) >= 11 is 0. The van der Waals surface area contributed by atoms with Gasteiger partial charge in [-0.3, -0.25) is 0 Å². The molecule has 6 nitrogen and oxygen atoms in total. The fraction of sp³-hybridized carbons (Fsp3) is 0.0909. The Bertz CT molecular complexity index is 534. The van der Waals surface area contributed by atoms with E-state index in [1.165, 1.54) is 7.11 Å². The number of hydrogen-bond acceptors (Lipinski definition) is 5. The molecule has 0 aliphatic rings. The number of ether oxygens (including phenoxy) is 2. The van der Waals surface area contributed by atoms with Crippen molar-refractivity contribution in [1.29, 1.82) is 0 Å². The van der Waals surface area contributed by atoms with Crippen LogP contribution < -0.4 is 9.47 Å². The zero-order chi connectivity index (χ0) is 12.3. The largest absolute Gasteiger partial charge is 0.493 e. The second-order valence-corrected chi connectivity index (χ2v) is 3.06. The maximum absolute atomic E-state index is 10.6. The van der Waals surface area contributed by atoms with E-state index >= 15 is 0 Å². The van der Waals surface area contributed by atoms with Crippen molar-refractivity contribution in [3.05, 3.63) is 36.2 Å². The monoisotopic (exact) mass is 235 g/mol. The molecule has 1 N–H and O–H groups in total. The molecule has 1 aromatic heterocycles. The van der Waals surface area contributed by atoms with Crippen LogP contribution in [0.15, 0.2) is 34.9 Å². The topological polar surface area (TPSA) is 81.8 Å². The number of rotatable bonds is 4. The number of para-hydroxylation sites is 2. The number of oxazole rings is 1. The molecule has 88 valence electrons. The average molecular weight is 235 g/mol. The molecular weight excluding hydrogens is 226 g/mol. The highest BCUT2D eigenvalue weighted by atomic mass is 16.6. The van der Waals surface area contributed by atoms with Crippen LogP contribution in [-0.4, -0.2) is 23.2 Å². The molecular formula is C11H9NO5. The summed E-state index contributed by atoms with van der Waals surface area (Å²) in [4.78, 5) is 14.2. The number of carboxylic acid groups (broad SMARTS) is 1. The summed E-state index contributed by atoms with van der Waals surface area (Å²) in [5, 5.41) is 8.66. The molecule has 0 atom stereocenters. The van der Waals surface area contributed by atoms with Gasteiger partial charge in [0.15, 0.2) is 17.2 Å². The first-order valence-electron chi connectivity index (χ1n) is 4.70. The van der Waals surface area contributed by atoms with Crippen LogP contribution in [-0.2, 0) is 0 Å². The highest BCUT2D eigenvalue weighted by Gasteiger charge is 2.13. The Labute approximate surface area is 96.4 Å². The smallest absolute Gasteiger partial charge is 0.400 e. The average Bonchev–Trinajstić information content (AvgIpc) is 2.78. The third-order valence-electron chi connectivity index (χ3n) is 1.97. The lowest BCUT2D eigenvalue weighted by Gasteiger charge is -2.05. The molecule has 6 heteroatoms. The first-order chi connectivity index (χ1) is 8.20. The van der Waals surface area contributed by atoms with Gasteiger partial charge in [0.1, 0.15) is 6.26 Å². The van der Waals surface area contributed by atoms with E-state index in [1.807, 2.05) is 0 Å². The van der Waals surface area contributed by atoms with E-state index in [9.17, 15) is 4.79 Å². The lowest BCUT2D eigenvalue weighted by Crippen LogP contribution is -1.96. The SMILES string of the molecule is COc1ccccc1Oc1nc(C(=O)O)co1. The van der Waals surface area contributed by atoms with Crippen LogP contribution in [0.1, 0.15) is 10.5 Å². The Morgan fingerprint density at radius 3 is 2.65 bits per heavy atom. The Morgan fingerprint density at radius 1 is 1.35 bits per heavy atom. The second-order valence-electron chi connectivity index (χ2n) is 3.06. The van der Waals surface area contributed by atoms with E-state index in [0.29, 0.717) is 11.5 Å². The van der Waals surface area contributed by atoms with Gasteiger partial charge in [-0.15, -0.1) is 0 Å². The van der Waals surface area contributed by atoms with Gasteiger partial charge >= 0.3 is 12.0 Å². The Balaban J connectivity index is 2.22. The van der Waals surface area contributed by atoms with E-state index in [-0.39, 0.29) is 11.8 Å². The summed E-state index contributed by atoms with van der Waals surface area (Å²) in [6, 6.07) is 6.89. The van der Waals surface area contributed by atoms with Crippen LogP contribution in [0.25, 0.3) is 0 Å². The van der Waals surface area contributed by atoms with Gasteiger partial charge in [0, 0.05) is 0 Å². The Kier molecular flexibility index (Phi) is 2.95. The molecule has 0 saturated heterocycles. The van der Waals surface area contributed by atoms with Crippen molar-refractivity contribution in [3.8, 4) is 17.6 Å². The zero-order valence-corrected chi connectivity index (χ0v) is 8.91. The summed E-state index contributed by atoms with van der Waals surface area (Å²) in [5.41, 5.74) is -0.213. The molecule has 2 aromatic rings. The number of benzene rings is 1. The van der Waals surface area contributed by atoms with Crippen molar-refractivity contribution in [2.24, 2.45) is 0 Å². The van der Waals surface area contributed by atoms with E-state index < -0.39 is 5.97 Å². The third-order valence-corrected chi connectivity index (χ3v) is 1.97. The molecule has 0 fully saturated rings. The van der Waals surface area contributed by atoms with Crippen LogP contribution in [0.3, 0.4) is 0 Å². The minimum absolute atomic E-state index is 0.146. The number of nitrogens with zero attached hydrogens (tertiary/aromatic N) is 1. The van der Waals surface area contributed by atoms with E-state index in [1.54, 1.807) is 24.3 Å². The first-order valence-corrected chi connectivity index (χ1v) is 4.70. The Morgan fingerprint density at radius 2 is 2.06 bits per heavy atom. The fourth-order valence-electron chi connectivity index (χ4n) is 1.20. The van der Waals surface area contributed by atoms with Crippen LogP contribution in [0.4, 0.5) is 0 Å². The molecule has 17 heavy (non-hydrogen) atoms. The summed E-state index contributed by atoms with van der Waals surface area (Å²) in [5.74, 6) is -0.278. The van der Waals surface area contributed by atoms with Crippen LogP contribution in [0, 0.1) is 0 Å². The molecule has 0 unspecified atom stereocenters. The minimum atomic E-state index is -1.18. The second kappa shape index (κ2) is 4.56. The summed E-state index contributed by atoms with van der Waals surface area (Å²) < 4.78 is 15.2. The van der Waals surface area contributed by atoms with E-state index in [2.05, 4.69) is 4.98 Å². The Hall–Kier alpha value is -2.50. The van der Waals surface area contributed by atoms with Gasteiger partial charge in [-0.2, -0.15) is 4.98 Å². The van der Waals surface area contributed by atoms with Gasteiger partial charge in [-0.1, -0.05) is 12.1 Å². The molecule has 1 heterocycles. The first kappa shape index (κ1) is 11.0. The van der Waals surface area contributed by atoms with Gasteiger partial charge < -0.3 is 19.0 Å². The summed E-state index contributed by atoms with van der Waals surface area (Å²) in [6.45, 7) is 0. The van der Waals surface area contributed by atoms with Gasteiger partial charge in [-0.25, -0.2) is 4.79 Å². The minimum Gasteiger partial charge on any atom is -0.493 e. The quantitative estimate of drug-likeness (QED) is 0.874. The predicted octanol–water partition coefficient (Wildman–Crippen LogP) is 2.17. The highest BCUT2D eigenvalue weighted by molar-refractivity contribution is 5.84. The third kappa shape index (κ3) is 2.36. The van der Waals surface area contributed by atoms with Crippen LogP contribution in [0.2, 0.25) is 0 Å². The lowest BCUT2D eigenvalue weighted by molar-refractivity contribution is 0.0690. The molecule has 1 aromatic carbocycles. The number of hydrogen-bond donors (Lipinski definition) is 1. The van der Waals surface area contributed by atoms with E-state index in [4.69, 9.17) is 19.0 Å². The molecule has 0 radical (unpaired) electrons.